The van der Waals surface area contributed by atoms with E-state index in [1.54, 1.807) is 12.3 Å². The van der Waals surface area contributed by atoms with Gasteiger partial charge in [0.25, 0.3) is 5.91 Å². The van der Waals surface area contributed by atoms with Crippen LogP contribution in [0, 0.1) is 0 Å². The summed E-state index contributed by atoms with van der Waals surface area (Å²) in [5.41, 5.74) is 6.96. The second kappa shape index (κ2) is 5.66. The zero-order chi connectivity index (χ0) is 13.8. The summed E-state index contributed by atoms with van der Waals surface area (Å²) in [6.07, 6.45) is 1.64. The standard InChI is InChI=1S/C12H14N4O2S/c1-7(17)14-5-6-16-12(18)11-9(13)10-8(19-11)3-2-4-15-10/h2-4H,5-6,13H2,1H3,(H,14,17)(H,16,18). The number of carbonyl (C=O) groups excluding carboxylic acids is 2. The van der Waals surface area contributed by atoms with Gasteiger partial charge in [-0.15, -0.1) is 11.3 Å². The molecular weight excluding hydrogens is 264 g/mol. The maximum absolute atomic E-state index is 12.0. The SMILES string of the molecule is CC(=O)NCCNC(=O)c1sc2cccnc2c1N. The summed E-state index contributed by atoms with van der Waals surface area (Å²) < 4.78 is 0.881. The maximum Gasteiger partial charge on any atom is 0.263 e. The van der Waals surface area contributed by atoms with Gasteiger partial charge in [0.1, 0.15) is 10.4 Å². The largest absolute Gasteiger partial charge is 0.396 e. The van der Waals surface area contributed by atoms with E-state index in [0.29, 0.717) is 29.2 Å². The van der Waals surface area contributed by atoms with Crippen LogP contribution in [0.3, 0.4) is 0 Å². The van der Waals surface area contributed by atoms with Gasteiger partial charge in [-0.25, -0.2) is 0 Å². The lowest BCUT2D eigenvalue weighted by Crippen LogP contribution is -2.33. The molecule has 100 valence electrons. The Balaban J connectivity index is 2.05. The van der Waals surface area contributed by atoms with Gasteiger partial charge in [0.05, 0.1) is 10.4 Å². The Morgan fingerprint density at radius 3 is 2.79 bits per heavy atom. The predicted octanol–water partition coefficient (Wildman–Crippen LogP) is 0.744. The first-order valence-electron chi connectivity index (χ1n) is 5.75. The molecule has 0 bridgehead atoms. The summed E-state index contributed by atoms with van der Waals surface area (Å²) in [5, 5.41) is 5.30. The highest BCUT2D eigenvalue weighted by molar-refractivity contribution is 7.21. The molecule has 0 fully saturated rings. The zero-order valence-electron chi connectivity index (χ0n) is 10.4. The minimum absolute atomic E-state index is 0.125. The Labute approximate surface area is 114 Å². The van der Waals surface area contributed by atoms with Crippen LogP contribution in [0.15, 0.2) is 18.3 Å². The molecule has 4 N–H and O–H groups in total. The Kier molecular flexibility index (Phi) is 3.96. The van der Waals surface area contributed by atoms with E-state index in [-0.39, 0.29) is 11.8 Å². The lowest BCUT2D eigenvalue weighted by molar-refractivity contribution is -0.118. The molecule has 19 heavy (non-hydrogen) atoms. The Morgan fingerprint density at radius 2 is 2.11 bits per heavy atom. The van der Waals surface area contributed by atoms with Gasteiger partial charge in [0.2, 0.25) is 5.91 Å². The number of aromatic nitrogens is 1. The van der Waals surface area contributed by atoms with E-state index in [2.05, 4.69) is 15.6 Å². The van der Waals surface area contributed by atoms with Crippen LogP contribution in [-0.2, 0) is 4.79 Å². The monoisotopic (exact) mass is 278 g/mol. The van der Waals surface area contributed by atoms with E-state index in [4.69, 9.17) is 5.73 Å². The highest BCUT2D eigenvalue weighted by atomic mass is 32.1. The Morgan fingerprint density at radius 1 is 1.37 bits per heavy atom. The van der Waals surface area contributed by atoms with Crippen LogP contribution in [0.2, 0.25) is 0 Å². The Hall–Kier alpha value is -2.15. The van der Waals surface area contributed by atoms with Gasteiger partial charge < -0.3 is 16.4 Å². The molecule has 0 radical (unpaired) electrons. The van der Waals surface area contributed by atoms with Crippen molar-refractivity contribution >= 4 is 39.1 Å². The number of amides is 2. The van der Waals surface area contributed by atoms with Crippen LogP contribution in [0.4, 0.5) is 5.69 Å². The minimum atomic E-state index is -0.245. The first-order chi connectivity index (χ1) is 9.09. The third-order valence-corrected chi connectivity index (χ3v) is 3.63. The predicted molar refractivity (Wildman–Crippen MR) is 75.0 cm³/mol. The number of fused-ring (bicyclic) bond motifs is 1. The molecule has 0 saturated heterocycles. The number of thiophene rings is 1. The van der Waals surface area contributed by atoms with Crippen molar-refractivity contribution in [1.29, 1.82) is 0 Å². The average molecular weight is 278 g/mol. The molecule has 2 rings (SSSR count). The van der Waals surface area contributed by atoms with Gasteiger partial charge in [-0.2, -0.15) is 0 Å². The van der Waals surface area contributed by atoms with E-state index in [0.717, 1.165) is 4.70 Å². The molecule has 0 atom stereocenters. The van der Waals surface area contributed by atoms with Crippen LogP contribution in [-0.4, -0.2) is 29.9 Å². The number of nitrogen functional groups attached to an aromatic ring is 1. The summed E-state index contributed by atoms with van der Waals surface area (Å²) in [5.74, 6) is -0.370. The number of nitrogens with one attached hydrogen (secondary N) is 2. The van der Waals surface area contributed by atoms with Crippen LogP contribution < -0.4 is 16.4 Å². The highest BCUT2D eigenvalue weighted by Crippen LogP contribution is 2.31. The number of nitrogens with zero attached hydrogens (tertiary/aromatic N) is 1. The maximum atomic E-state index is 12.0. The molecule has 2 heterocycles. The second-order valence-corrected chi connectivity index (χ2v) is 4.99. The van der Waals surface area contributed by atoms with Crippen LogP contribution in [0.25, 0.3) is 10.2 Å². The number of hydrogen-bond donors (Lipinski definition) is 3. The van der Waals surface area contributed by atoms with Crippen molar-refractivity contribution in [3.05, 3.63) is 23.2 Å². The van der Waals surface area contributed by atoms with Crippen LogP contribution in [0.5, 0.6) is 0 Å². The molecule has 0 aliphatic rings. The lowest BCUT2D eigenvalue weighted by atomic mass is 10.3. The fraction of sp³-hybridized carbons (Fsp3) is 0.250. The van der Waals surface area contributed by atoms with Crippen molar-refractivity contribution in [3.8, 4) is 0 Å². The topological polar surface area (TPSA) is 97.1 Å². The molecule has 2 aromatic heterocycles. The smallest absolute Gasteiger partial charge is 0.263 e. The van der Waals surface area contributed by atoms with E-state index in [1.165, 1.54) is 18.3 Å². The van der Waals surface area contributed by atoms with Crippen molar-refractivity contribution < 1.29 is 9.59 Å². The van der Waals surface area contributed by atoms with E-state index in [9.17, 15) is 9.59 Å². The molecule has 0 aliphatic carbocycles. The fourth-order valence-corrected chi connectivity index (χ4v) is 2.61. The van der Waals surface area contributed by atoms with E-state index < -0.39 is 0 Å². The number of carbonyl (C=O) groups is 2. The number of rotatable bonds is 4. The van der Waals surface area contributed by atoms with E-state index in [1.807, 2.05) is 6.07 Å². The zero-order valence-corrected chi connectivity index (χ0v) is 11.2. The average Bonchev–Trinajstić information content (AvgIpc) is 2.72. The lowest BCUT2D eigenvalue weighted by Gasteiger charge is -2.04. The molecule has 0 unspecified atom stereocenters. The highest BCUT2D eigenvalue weighted by Gasteiger charge is 2.16. The summed E-state index contributed by atoms with van der Waals surface area (Å²) in [6.45, 7) is 2.18. The number of hydrogen-bond acceptors (Lipinski definition) is 5. The third kappa shape index (κ3) is 3.00. The summed E-state index contributed by atoms with van der Waals surface area (Å²) in [7, 11) is 0. The van der Waals surface area contributed by atoms with Gasteiger partial charge in [-0.05, 0) is 12.1 Å². The summed E-state index contributed by atoms with van der Waals surface area (Å²) >= 11 is 1.31. The molecule has 0 aromatic carbocycles. The van der Waals surface area contributed by atoms with Crippen molar-refractivity contribution in [2.45, 2.75) is 6.92 Å². The van der Waals surface area contributed by atoms with Crippen LogP contribution in [0.1, 0.15) is 16.6 Å². The molecule has 0 aliphatic heterocycles. The number of nitrogens with two attached hydrogens (primary N) is 1. The second-order valence-electron chi connectivity index (χ2n) is 3.93. The number of pyridine rings is 1. The molecule has 7 heteroatoms. The minimum Gasteiger partial charge on any atom is -0.396 e. The van der Waals surface area contributed by atoms with Crippen molar-refractivity contribution in [2.75, 3.05) is 18.8 Å². The van der Waals surface area contributed by atoms with Crippen molar-refractivity contribution in [2.24, 2.45) is 0 Å². The van der Waals surface area contributed by atoms with Crippen LogP contribution >= 0.6 is 11.3 Å². The van der Waals surface area contributed by atoms with Gasteiger partial charge in [-0.1, -0.05) is 0 Å². The van der Waals surface area contributed by atoms with E-state index >= 15 is 0 Å². The quantitative estimate of drug-likeness (QED) is 0.719. The molecule has 0 spiro atoms. The molecule has 0 saturated carbocycles. The molecule has 2 aromatic rings. The molecule has 6 nitrogen and oxygen atoms in total. The first kappa shape index (κ1) is 13.3. The third-order valence-electron chi connectivity index (χ3n) is 2.47. The normalized spacial score (nSPS) is 10.4. The van der Waals surface area contributed by atoms with Gasteiger partial charge in [0.15, 0.2) is 0 Å². The van der Waals surface area contributed by atoms with Gasteiger partial charge in [0, 0.05) is 26.2 Å². The Bertz CT molecular complexity index is 623. The fourth-order valence-electron chi connectivity index (χ4n) is 1.61. The first-order valence-corrected chi connectivity index (χ1v) is 6.57. The van der Waals surface area contributed by atoms with Gasteiger partial charge in [-0.3, -0.25) is 14.6 Å². The molecular formula is C12H14N4O2S. The van der Waals surface area contributed by atoms with Gasteiger partial charge >= 0.3 is 0 Å². The molecule has 2 amide bonds. The van der Waals surface area contributed by atoms with Crippen molar-refractivity contribution in [3.63, 3.8) is 0 Å². The van der Waals surface area contributed by atoms with Crippen molar-refractivity contribution in [1.82, 2.24) is 15.6 Å². The summed E-state index contributed by atoms with van der Waals surface area (Å²) in [4.78, 5) is 27.2. The summed E-state index contributed by atoms with van der Waals surface area (Å²) in [6, 6.07) is 3.67. The number of anilines is 1.